The first-order valence-electron chi connectivity index (χ1n) is 13.1. The largest absolute Gasteiger partial charge is 0.497 e. The molecule has 1 aromatic heterocycles. The van der Waals surface area contributed by atoms with E-state index in [0.29, 0.717) is 35.4 Å². The third-order valence-corrected chi connectivity index (χ3v) is 7.57. The molecule has 0 saturated heterocycles. The number of amides is 3. The van der Waals surface area contributed by atoms with Crippen LogP contribution in [0, 0.1) is 0 Å². The van der Waals surface area contributed by atoms with Crippen LogP contribution in [0.1, 0.15) is 66.5 Å². The van der Waals surface area contributed by atoms with E-state index in [2.05, 4.69) is 46.9 Å². The minimum Gasteiger partial charge on any atom is -0.497 e. The molecule has 1 heterocycles. The maximum absolute atomic E-state index is 13.0. The van der Waals surface area contributed by atoms with Gasteiger partial charge in [-0.25, -0.2) is 9.78 Å². The molecule has 3 aromatic rings. The molecule has 1 aliphatic carbocycles. The molecule has 1 saturated carbocycles. The lowest BCUT2D eigenvalue weighted by molar-refractivity contribution is 0.0911. The van der Waals surface area contributed by atoms with Gasteiger partial charge in [-0.1, -0.05) is 38.8 Å². The summed E-state index contributed by atoms with van der Waals surface area (Å²) in [5, 5.41) is 11.4. The Balaban J connectivity index is 1.31. The normalized spacial score (nSPS) is 16.8. The summed E-state index contributed by atoms with van der Waals surface area (Å²) in [7, 11) is 3.10. The molecule has 2 aromatic carbocycles. The van der Waals surface area contributed by atoms with Crippen molar-refractivity contribution < 1.29 is 23.8 Å². The van der Waals surface area contributed by atoms with Gasteiger partial charge in [-0.2, -0.15) is 0 Å². The van der Waals surface area contributed by atoms with Gasteiger partial charge in [0.2, 0.25) is 0 Å². The second-order valence-corrected chi connectivity index (χ2v) is 10.7. The fraction of sp³-hybridized carbons (Fsp3) is 0.414. The predicted molar refractivity (Wildman–Crippen MR) is 152 cm³/mol. The number of hydrogen-bond donors (Lipinski definition) is 3. The number of carbonyl (C=O) groups is 2. The molecule has 0 bridgehead atoms. The Labute approximate surface area is 233 Å². The van der Waals surface area contributed by atoms with E-state index in [9.17, 15) is 9.59 Å². The summed E-state index contributed by atoms with van der Waals surface area (Å²) in [6.45, 7) is 4.60. The number of ether oxygens (including phenoxy) is 3. The predicted octanol–water partition coefficient (Wildman–Crippen LogP) is 5.73. The molecule has 9 nitrogen and oxygen atoms in total. The summed E-state index contributed by atoms with van der Waals surface area (Å²) >= 11 is 1.39. The highest BCUT2D eigenvalue weighted by atomic mass is 32.1. The molecule has 1 aliphatic rings. The molecule has 39 heavy (non-hydrogen) atoms. The van der Waals surface area contributed by atoms with Crippen LogP contribution in [-0.4, -0.2) is 43.2 Å². The van der Waals surface area contributed by atoms with E-state index >= 15 is 0 Å². The lowest BCUT2D eigenvalue weighted by Crippen LogP contribution is -2.54. The lowest BCUT2D eigenvalue weighted by Gasteiger charge is -2.32. The number of nitrogens with zero attached hydrogens (tertiary/aromatic N) is 1. The topological polar surface area (TPSA) is 111 Å². The average molecular weight is 553 g/mol. The van der Waals surface area contributed by atoms with Crippen molar-refractivity contribution in [3.63, 3.8) is 0 Å². The van der Waals surface area contributed by atoms with Gasteiger partial charge in [0.05, 0.1) is 25.9 Å². The summed E-state index contributed by atoms with van der Waals surface area (Å²) in [6, 6.07) is 12.4. The fourth-order valence-corrected chi connectivity index (χ4v) is 5.21. The molecule has 2 atom stereocenters. The molecule has 0 spiro atoms. The van der Waals surface area contributed by atoms with E-state index in [1.165, 1.54) is 24.0 Å². The van der Waals surface area contributed by atoms with E-state index in [1.807, 2.05) is 12.1 Å². The van der Waals surface area contributed by atoms with Gasteiger partial charge in [-0.05, 0) is 48.6 Å². The van der Waals surface area contributed by atoms with Gasteiger partial charge in [0.15, 0.2) is 0 Å². The monoisotopic (exact) mass is 552 g/mol. The van der Waals surface area contributed by atoms with Gasteiger partial charge in [0.25, 0.3) is 5.91 Å². The number of benzene rings is 2. The van der Waals surface area contributed by atoms with E-state index in [0.717, 1.165) is 36.4 Å². The zero-order valence-corrected chi connectivity index (χ0v) is 23.6. The number of anilines is 1. The zero-order chi connectivity index (χ0) is 27.8. The SMILES string of the molecule is COc1ccc(NC(=O)NC2CCCCC2NC(=O)c2csc(COc3ccc(C(C)C)cc3)n2)c(OC)c1. The van der Waals surface area contributed by atoms with Gasteiger partial charge in [-0.3, -0.25) is 4.79 Å². The first kappa shape index (κ1) is 28.2. The summed E-state index contributed by atoms with van der Waals surface area (Å²) in [4.78, 5) is 30.3. The molecule has 3 N–H and O–H groups in total. The third-order valence-electron chi connectivity index (χ3n) is 6.75. The van der Waals surface area contributed by atoms with Crippen LogP contribution in [0.15, 0.2) is 47.8 Å². The Morgan fingerprint density at radius 1 is 0.974 bits per heavy atom. The number of methoxy groups -OCH3 is 2. The molecule has 0 radical (unpaired) electrons. The van der Waals surface area contributed by atoms with Crippen LogP contribution in [0.25, 0.3) is 0 Å². The van der Waals surface area contributed by atoms with Gasteiger partial charge in [0.1, 0.15) is 34.6 Å². The standard InChI is InChI=1S/C29H36N4O5S/c1-18(2)19-9-11-20(12-10-19)38-16-27-30-25(17-39-27)28(34)31-22-7-5-6-8-23(22)32-29(35)33-24-14-13-21(36-3)15-26(24)37-4/h9-15,17-18,22-23H,5-8,16H2,1-4H3,(H,31,34)(H2,32,33,35). The van der Waals surface area contributed by atoms with Crippen molar-refractivity contribution >= 4 is 29.0 Å². The maximum atomic E-state index is 13.0. The molecule has 3 amide bonds. The molecular weight excluding hydrogens is 516 g/mol. The number of thiazole rings is 1. The summed E-state index contributed by atoms with van der Waals surface area (Å²) in [5.41, 5.74) is 2.13. The van der Waals surface area contributed by atoms with Crippen molar-refractivity contribution in [2.75, 3.05) is 19.5 Å². The molecule has 208 valence electrons. The van der Waals surface area contributed by atoms with Crippen LogP contribution in [-0.2, 0) is 6.61 Å². The van der Waals surface area contributed by atoms with Crippen molar-refractivity contribution in [3.8, 4) is 17.2 Å². The van der Waals surface area contributed by atoms with E-state index < -0.39 is 0 Å². The van der Waals surface area contributed by atoms with Crippen LogP contribution < -0.4 is 30.2 Å². The summed E-state index contributed by atoms with van der Waals surface area (Å²) < 4.78 is 16.4. The highest BCUT2D eigenvalue weighted by Crippen LogP contribution is 2.29. The van der Waals surface area contributed by atoms with E-state index in [1.54, 1.807) is 30.7 Å². The first-order chi connectivity index (χ1) is 18.9. The first-order valence-corrected chi connectivity index (χ1v) is 14.0. The quantitative estimate of drug-likeness (QED) is 0.296. The highest BCUT2D eigenvalue weighted by Gasteiger charge is 2.29. The van der Waals surface area contributed by atoms with Crippen LogP contribution in [0.5, 0.6) is 17.2 Å². The van der Waals surface area contributed by atoms with Crippen LogP contribution in [0.4, 0.5) is 10.5 Å². The number of urea groups is 1. The van der Waals surface area contributed by atoms with Crippen molar-refractivity contribution in [2.24, 2.45) is 0 Å². The summed E-state index contributed by atoms with van der Waals surface area (Å²) in [6.07, 6.45) is 3.49. The highest BCUT2D eigenvalue weighted by molar-refractivity contribution is 7.09. The third kappa shape index (κ3) is 7.63. The number of nitrogens with one attached hydrogen (secondary N) is 3. The van der Waals surface area contributed by atoms with Crippen LogP contribution in [0.3, 0.4) is 0 Å². The number of carbonyl (C=O) groups excluding carboxylic acids is 2. The minimum atomic E-state index is -0.362. The molecule has 10 heteroatoms. The molecule has 2 unspecified atom stereocenters. The summed E-state index contributed by atoms with van der Waals surface area (Å²) in [5.74, 6) is 2.10. The van der Waals surface area contributed by atoms with E-state index in [-0.39, 0.29) is 24.0 Å². The molecule has 0 aliphatic heterocycles. The Bertz CT molecular complexity index is 1260. The van der Waals surface area contributed by atoms with Gasteiger partial charge in [-0.15, -0.1) is 11.3 Å². The molecular formula is C29H36N4O5S. The zero-order valence-electron chi connectivity index (χ0n) is 22.8. The average Bonchev–Trinajstić information content (AvgIpc) is 3.43. The Morgan fingerprint density at radius 2 is 1.67 bits per heavy atom. The number of rotatable bonds is 10. The van der Waals surface area contributed by atoms with Gasteiger partial charge >= 0.3 is 6.03 Å². The minimum absolute atomic E-state index is 0.198. The molecule has 4 rings (SSSR count). The number of aromatic nitrogens is 1. The van der Waals surface area contributed by atoms with Crippen molar-refractivity contribution in [1.82, 2.24) is 15.6 Å². The van der Waals surface area contributed by atoms with Crippen LogP contribution >= 0.6 is 11.3 Å². The Kier molecular flexibility index (Phi) is 9.64. The fourth-order valence-electron chi connectivity index (χ4n) is 4.52. The van der Waals surface area contributed by atoms with Crippen LogP contribution in [0.2, 0.25) is 0 Å². The maximum Gasteiger partial charge on any atom is 0.319 e. The lowest BCUT2D eigenvalue weighted by atomic mass is 9.90. The van der Waals surface area contributed by atoms with Crippen molar-refractivity contribution in [2.45, 2.75) is 64.1 Å². The van der Waals surface area contributed by atoms with Crippen molar-refractivity contribution in [3.05, 3.63) is 64.1 Å². The Morgan fingerprint density at radius 3 is 2.33 bits per heavy atom. The smallest absolute Gasteiger partial charge is 0.319 e. The molecule has 1 fully saturated rings. The second kappa shape index (κ2) is 13.3. The second-order valence-electron chi connectivity index (χ2n) is 9.77. The Hall–Kier alpha value is -3.79. The number of hydrogen-bond acceptors (Lipinski definition) is 7. The van der Waals surface area contributed by atoms with Crippen molar-refractivity contribution in [1.29, 1.82) is 0 Å². The van der Waals surface area contributed by atoms with E-state index in [4.69, 9.17) is 14.2 Å². The van der Waals surface area contributed by atoms with Gasteiger partial charge in [0, 0.05) is 17.5 Å². The van der Waals surface area contributed by atoms with Gasteiger partial charge < -0.3 is 30.2 Å².